The number of hydrogen-bond donors (Lipinski definition) is 1. The number of aromatic nitrogens is 1. The Labute approximate surface area is 126 Å². The van der Waals surface area contributed by atoms with Gasteiger partial charge in [-0.05, 0) is 38.1 Å². The van der Waals surface area contributed by atoms with E-state index in [9.17, 15) is 4.79 Å². The molecule has 4 nitrogen and oxygen atoms in total. The summed E-state index contributed by atoms with van der Waals surface area (Å²) in [5, 5.41) is 5.23. The lowest BCUT2D eigenvalue weighted by Crippen LogP contribution is -2.11. The lowest BCUT2D eigenvalue weighted by molar-refractivity contribution is 0.102. The highest BCUT2D eigenvalue weighted by Gasteiger charge is 2.11. The van der Waals surface area contributed by atoms with Crippen molar-refractivity contribution in [3.05, 3.63) is 58.7 Å². The molecule has 0 spiro atoms. The third-order valence-electron chi connectivity index (χ3n) is 3.03. The van der Waals surface area contributed by atoms with Crippen molar-refractivity contribution in [1.82, 2.24) is 4.98 Å². The van der Waals surface area contributed by atoms with Crippen molar-refractivity contribution in [1.29, 1.82) is 0 Å². The molecular formula is C16H14N2O2S. The molecule has 3 aromatic rings. The molecule has 0 fully saturated rings. The van der Waals surface area contributed by atoms with Crippen LogP contribution < -0.4 is 5.32 Å². The molecule has 0 radical (unpaired) electrons. The molecule has 2 aromatic heterocycles. The molecule has 21 heavy (non-hydrogen) atoms. The Hall–Kier alpha value is -2.40. The molecule has 2 heterocycles. The van der Waals surface area contributed by atoms with E-state index in [2.05, 4.69) is 10.3 Å². The summed E-state index contributed by atoms with van der Waals surface area (Å²) in [6.07, 6.45) is 0. The molecule has 0 unspecified atom stereocenters. The highest BCUT2D eigenvalue weighted by atomic mass is 32.1. The molecule has 0 atom stereocenters. The second-order valence-electron chi connectivity index (χ2n) is 4.77. The molecule has 5 heteroatoms. The van der Waals surface area contributed by atoms with Crippen molar-refractivity contribution >= 4 is 22.4 Å². The number of carbonyl (C=O) groups excluding carboxylic acids is 1. The van der Waals surface area contributed by atoms with Crippen molar-refractivity contribution in [2.75, 3.05) is 5.32 Å². The first-order valence-electron chi connectivity index (χ1n) is 6.52. The molecule has 0 saturated carbocycles. The van der Waals surface area contributed by atoms with E-state index >= 15 is 0 Å². The topological polar surface area (TPSA) is 55.1 Å². The maximum atomic E-state index is 12.1. The average molecular weight is 298 g/mol. The van der Waals surface area contributed by atoms with Gasteiger partial charge in [0.2, 0.25) is 0 Å². The molecule has 0 saturated heterocycles. The van der Waals surface area contributed by atoms with Gasteiger partial charge < -0.3 is 4.42 Å². The first-order chi connectivity index (χ1) is 10.1. The largest absolute Gasteiger partial charge is 0.460 e. The van der Waals surface area contributed by atoms with E-state index in [0.717, 1.165) is 17.0 Å². The summed E-state index contributed by atoms with van der Waals surface area (Å²) < 4.78 is 5.52. The number of carbonyl (C=O) groups is 1. The summed E-state index contributed by atoms with van der Waals surface area (Å²) in [5.41, 5.74) is 2.47. The highest BCUT2D eigenvalue weighted by Crippen LogP contribution is 2.26. The van der Waals surface area contributed by atoms with Crippen LogP contribution in [0.4, 0.5) is 5.13 Å². The highest BCUT2D eigenvalue weighted by molar-refractivity contribution is 7.14. The second-order valence-corrected chi connectivity index (χ2v) is 5.63. The monoisotopic (exact) mass is 298 g/mol. The number of anilines is 1. The van der Waals surface area contributed by atoms with Crippen LogP contribution >= 0.6 is 11.3 Å². The van der Waals surface area contributed by atoms with Gasteiger partial charge in [0.05, 0.1) is 0 Å². The van der Waals surface area contributed by atoms with E-state index in [4.69, 9.17) is 4.42 Å². The zero-order valence-electron chi connectivity index (χ0n) is 11.7. The Morgan fingerprint density at radius 3 is 2.57 bits per heavy atom. The Morgan fingerprint density at radius 2 is 1.90 bits per heavy atom. The van der Waals surface area contributed by atoms with Gasteiger partial charge in [0.1, 0.15) is 11.5 Å². The van der Waals surface area contributed by atoms with E-state index in [-0.39, 0.29) is 5.91 Å². The molecular weight excluding hydrogens is 284 g/mol. The molecule has 0 aliphatic carbocycles. The normalized spacial score (nSPS) is 10.6. The number of nitrogens with one attached hydrogen (secondary N) is 1. The molecule has 1 aromatic carbocycles. The zero-order valence-corrected chi connectivity index (χ0v) is 12.5. The maximum absolute atomic E-state index is 12.1. The fraction of sp³-hybridized carbons (Fsp3) is 0.125. The van der Waals surface area contributed by atoms with Crippen LogP contribution in [0.1, 0.15) is 21.7 Å². The molecule has 1 N–H and O–H groups in total. The van der Waals surface area contributed by atoms with Gasteiger partial charge in [0, 0.05) is 10.9 Å². The number of rotatable bonds is 3. The van der Waals surface area contributed by atoms with E-state index in [0.29, 0.717) is 16.5 Å². The van der Waals surface area contributed by atoms with Crippen LogP contribution in [-0.2, 0) is 0 Å². The number of thiazole rings is 1. The van der Waals surface area contributed by atoms with Crippen LogP contribution in [0.2, 0.25) is 0 Å². The minimum Gasteiger partial charge on any atom is -0.460 e. The van der Waals surface area contributed by atoms with Crippen molar-refractivity contribution in [3.63, 3.8) is 0 Å². The second kappa shape index (κ2) is 5.54. The lowest BCUT2D eigenvalue weighted by Gasteiger charge is -2.01. The predicted molar refractivity (Wildman–Crippen MR) is 83.7 cm³/mol. The van der Waals surface area contributed by atoms with Crippen LogP contribution in [0.5, 0.6) is 0 Å². The standard InChI is InChI=1S/C16H14N2O2S/c1-10-3-6-12(7-4-10)15(19)18-16-17-13(9-21-16)14-8-5-11(2)20-14/h3-9H,1-2H3,(H,17,18,19). The number of amides is 1. The van der Waals surface area contributed by atoms with Gasteiger partial charge >= 0.3 is 0 Å². The fourth-order valence-electron chi connectivity index (χ4n) is 1.89. The van der Waals surface area contributed by atoms with Gasteiger partial charge in [0.25, 0.3) is 5.91 Å². The molecule has 0 aliphatic heterocycles. The SMILES string of the molecule is Cc1ccc(C(=O)Nc2nc(-c3ccc(C)o3)cs2)cc1. The Bertz CT molecular complexity index is 772. The summed E-state index contributed by atoms with van der Waals surface area (Å²) in [5.74, 6) is 1.38. The van der Waals surface area contributed by atoms with Crippen LogP contribution in [0.15, 0.2) is 46.2 Å². The fourth-order valence-corrected chi connectivity index (χ4v) is 2.59. The van der Waals surface area contributed by atoms with Gasteiger partial charge in [-0.2, -0.15) is 0 Å². The first kappa shape index (κ1) is 13.6. The molecule has 0 aliphatic rings. The maximum Gasteiger partial charge on any atom is 0.257 e. The van der Waals surface area contributed by atoms with Crippen molar-refractivity contribution in [2.45, 2.75) is 13.8 Å². The quantitative estimate of drug-likeness (QED) is 0.785. The number of benzene rings is 1. The average Bonchev–Trinajstić information content (AvgIpc) is 3.08. The molecule has 3 rings (SSSR count). The predicted octanol–water partition coefficient (Wildman–Crippen LogP) is 4.27. The van der Waals surface area contributed by atoms with Gasteiger partial charge in [-0.15, -0.1) is 11.3 Å². The minimum absolute atomic E-state index is 0.161. The number of nitrogens with zero attached hydrogens (tertiary/aromatic N) is 1. The number of furan rings is 1. The summed E-state index contributed by atoms with van der Waals surface area (Å²) in [6.45, 7) is 3.87. The molecule has 0 bridgehead atoms. The smallest absolute Gasteiger partial charge is 0.257 e. The number of hydrogen-bond acceptors (Lipinski definition) is 4. The Balaban J connectivity index is 1.75. The van der Waals surface area contributed by atoms with E-state index in [1.54, 1.807) is 12.1 Å². The van der Waals surface area contributed by atoms with E-state index in [1.165, 1.54) is 11.3 Å². The van der Waals surface area contributed by atoms with Gasteiger partial charge in [-0.1, -0.05) is 17.7 Å². The summed E-state index contributed by atoms with van der Waals surface area (Å²) in [4.78, 5) is 16.5. The van der Waals surface area contributed by atoms with Crippen molar-refractivity contribution in [2.24, 2.45) is 0 Å². The van der Waals surface area contributed by atoms with Crippen molar-refractivity contribution in [3.8, 4) is 11.5 Å². The third-order valence-corrected chi connectivity index (χ3v) is 3.79. The van der Waals surface area contributed by atoms with Crippen LogP contribution in [-0.4, -0.2) is 10.9 Å². The van der Waals surface area contributed by atoms with Crippen LogP contribution in [0.25, 0.3) is 11.5 Å². The van der Waals surface area contributed by atoms with Gasteiger partial charge in [-0.3, -0.25) is 10.1 Å². The van der Waals surface area contributed by atoms with Gasteiger partial charge in [-0.25, -0.2) is 4.98 Å². The summed E-state index contributed by atoms with van der Waals surface area (Å²) in [7, 11) is 0. The van der Waals surface area contributed by atoms with Gasteiger partial charge in [0.15, 0.2) is 10.9 Å². The van der Waals surface area contributed by atoms with Crippen molar-refractivity contribution < 1.29 is 9.21 Å². The number of aryl methyl sites for hydroxylation is 2. The van der Waals surface area contributed by atoms with Crippen LogP contribution in [0, 0.1) is 13.8 Å². The van der Waals surface area contributed by atoms with Crippen LogP contribution in [0.3, 0.4) is 0 Å². The third kappa shape index (κ3) is 3.03. The Kier molecular flexibility index (Phi) is 3.58. The lowest BCUT2D eigenvalue weighted by atomic mass is 10.1. The zero-order chi connectivity index (χ0) is 14.8. The molecule has 1 amide bonds. The summed E-state index contributed by atoms with van der Waals surface area (Å²) in [6, 6.07) is 11.2. The Morgan fingerprint density at radius 1 is 1.14 bits per heavy atom. The first-order valence-corrected chi connectivity index (χ1v) is 7.40. The van der Waals surface area contributed by atoms with E-state index < -0.39 is 0 Å². The summed E-state index contributed by atoms with van der Waals surface area (Å²) >= 11 is 1.38. The minimum atomic E-state index is -0.161. The van der Waals surface area contributed by atoms with E-state index in [1.807, 2.05) is 43.5 Å². The molecule has 106 valence electrons.